The van der Waals surface area contributed by atoms with Gasteiger partial charge in [-0.15, -0.1) is 0 Å². The summed E-state index contributed by atoms with van der Waals surface area (Å²) in [6, 6.07) is 2.14. The minimum absolute atomic E-state index is 0.0556. The summed E-state index contributed by atoms with van der Waals surface area (Å²) in [5.41, 5.74) is -1.78. The van der Waals surface area contributed by atoms with E-state index >= 15 is 0 Å². The molecule has 0 aliphatic heterocycles. The fourth-order valence-electron chi connectivity index (χ4n) is 1.47. The molecule has 1 aromatic rings. The van der Waals surface area contributed by atoms with Crippen LogP contribution in [0.2, 0.25) is 0 Å². The molecule has 0 aromatic heterocycles. The highest BCUT2D eigenvalue weighted by Crippen LogP contribution is 2.35. The standard InChI is InChI=1S/C9H9BrF3NO4S2/c1-19(15,16)14(20(2,17)18)8-4-6(9(11,12)13)3-7(10)5-8/h3-5H,1-2H3. The van der Waals surface area contributed by atoms with Crippen molar-refractivity contribution >= 4 is 41.7 Å². The van der Waals surface area contributed by atoms with Crippen LogP contribution in [0.5, 0.6) is 0 Å². The zero-order chi connectivity index (χ0) is 15.9. The van der Waals surface area contributed by atoms with Crippen LogP contribution >= 0.6 is 15.9 Å². The first-order valence-corrected chi connectivity index (χ1v) is 9.30. The SMILES string of the molecule is CS(=O)(=O)N(c1cc(Br)cc(C(F)(F)F)c1)S(C)(=O)=O. The van der Waals surface area contributed by atoms with E-state index in [2.05, 4.69) is 15.9 Å². The molecule has 0 radical (unpaired) electrons. The minimum Gasteiger partial charge on any atom is -0.206 e. The number of anilines is 1. The lowest BCUT2D eigenvalue weighted by Gasteiger charge is -2.21. The molecule has 1 aromatic carbocycles. The third kappa shape index (κ3) is 4.09. The van der Waals surface area contributed by atoms with Crippen molar-refractivity contribution in [1.29, 1.82) is 0 Å². The Kier molecular flexibility index (Phi) is 4.47. The molecule has 1 rings (SSSR count). The Morgan fingerprint density at radius 1 is 1.00 bits per heavy atom. The third-order valence-corrected chi connectivity index (χ3v) is 5.73. The van der Waals surface area contributed by atoms with Gasteiger partial charge in [0, 0.05) is 4.47 Å². The summed E-state index contributed by atoms with van der Waals surface area (Å²) in [5.74, 6) is 0. The molecule has 0 saturated heterocycles. The summed E-state index contributed by atoms with van der Waals surface area (Å²) in [5, 5.41) is 0. The molecule has 20 heavy (non-hydrogen) atoms. The fourth-order valence-corrected chi connectivity index (χ4v) is 4.90. The topological polar surface area (TPSA) is 71.5 Å². The maximum atomic E-state index is 12.7. The molecule has 0 amide bonds. The summed E-state index contributed by atoms with van der Waals surface area (Å²) in [6.45, 7) is 0. The Morgan fingerprint density at radius 3 is 1.80 bits per heavy atom. The van der Waals surface area contributed by atoms with E-state index in [-0.39, 0.29) is 8.18 Å². The van der Waals surface area contributed by atoms with E-state index in [9.17, 15) is 30.0 Å². The second-order valence-corrected chi connectivity index (χ2v) is 8.73. The zero-order valence-corrected chi connectivity index (χ0v) is 13.4. The minimum atomic E-state index is -4.74. The second kappa shape index (κ2) is 5.19. The van der Waals surface area contributed by atoms with Crippen molar-refractivity contribution in [2.75, 3.05) is 16.2 Å². The van der Waals surface area contributed by atoms with Crippen LogP contribution in [0.4, 0.5) is 18.9 Å². The summed E-state index contributed by atoms with van der Waals surface area (Å²) in [4.78, 5) is 0. The Morgan fingerprint density at radius 2 is 1.45 bits per heavy atom. The van der Waals surface area contributed by atoms with Crippen LogP contribution < -0.4 is 3.71 Å². The number of rotatable bonds is 3. The molecule has 0 fully saturated rings. The second-order valence-electron chi connectivity index (χ2n) is 3.92. The Hall–Kier alpha value is -0.810. The van der Waals surface area contributed by atoms with Crippen LogP contribution in [0, 0.1) is 0 Å². The first-order valence-electron chi connectivity index (χ1n) is 4.81. The number of halogens is 4. The van der Waals surface area contributed by atoms with E-state index in [1.165, 1.54) is 0 Å². The molecule has 0 spiro atoms. The van der Waals surface area contributed by atoms with E-state index in [0.717, 1.165) is 6.07 Å². The van der Waals surface area contributed by atoms with Gasteiger partial charge < -0.3 is 0 Å². The van der Waals surface area contributed by atoms with Crippen LogP contribution in [0.25, 0.3) is 0 Å². The van der Waals surface area contributed by atoms with Crippen molar-refractivity contribution < 1.29 is 30.0 Å². The zero-order valence-electron chi connectivity index (χ0n) is 10.1. The van der Waals surface area contributed by atoms with E-state index in [1.54, 1.807) is 0 Å². The maximum absolute atomic E-state index is 12.7. The Balaban J connectivity index is 3.64. The van der Waals surface area contributed by atoms with Gasteiger partial charge in [0.1, 0.15) is 0 Å². The number of benzene rings is 1. The van der Waals surface area contributed by atoms with Crippen LogP contribution in [-0.4, -0.2) is 29.3 Å². The van der Waals surface area contributed by atoms with Gasteiger partial charge in [-0.1, -0.05) is 15.9 Å². The molecule has 5 nitrogen and oxygen atoms in total. The molecule has 0 unspecified atom stereocenters. The van der Waals surface area contributed by atoms with Gasteiger partial charge in [0.2, 0.25) is 20.0 Å². The van der Waals surface area contributed by atoms with Gasteiger partial charge in [-0.2, -0.15) is 16.9 Å². The highest BCUT2D eigenvalue weighted by Gasteiger charge is 2.34. The van der Waals surface area contributed by atoms with Crippen molar-refractivity contribution in [1.82, 2.24) is 0 Å². The van der Waals surface area contributed by atoms with E-state index in [0.29, 0.717) is 24.6 Å². The molecule has 114 valence electrons. The molecular formula is C9H9BrF3NO4S2. The van der Waals surface area contributed by atoms with E-state index in [1.807, 2.05) is 0 Å². The Labute approximate surface area is 122 Å². The van der Waals surface area contributed by atoms with E-state index in [4.69, 9.17) is 0 Å². The number of sulfonamides is 2. The normalized spacial score (nSPS) is 13.3. The predicted molar refractivity (Wildman–Crippen MR) is 71.3 cm³/mol. The third-order valence-electron chi connectivity index (χ3n) is 2.02. The molecule has 0 saturated carbocycles. The molecule has 0 N–H and O–H groups in total. The molecule has 0 aliphatic rings. The van der Waals surface area contributed by atoms with Gasteiger partial charge in [0.15, 0.2) is 0 Å². The molecular weight excluding hydrogens is 387 g/mol. The van der Waals surface area contributed by atoms with Gasteiger partial charge in [-0.05, 0) is 18.2 Å². The first-order chi connectivity index (χ1) is 8.73. The number of nitrogens with zero attached hydrogens (tertiary/aromatic N) is 1. The van der Waals surface area contributed by atoms with Gasteiger partial charge in [0.25, 0.3) is 0 Å². The Bertz CT molecular complexity index is 696. The van der Waals surface area contributed by atoms with Crippen molar-refractivity contribution in [3.63, 3.8) is 0 Å². The van der Waals surface area contributed by atoms with Crippen LogP contribution in [-0.2, 0) is 26.2 Å². The van der Waals surface area contributed by atoms with Crippen molar-refractivity contribution in [2.45, 2.75) is 6.18 Å². The summed E-state index contributed by atoms with van der Waals surface area (Å²) >= 11 is 2.79. The first kappa shape index (κ1) is 17.2. The van der Waals surface area contributed by atoms with Gasteiger partial charge in [-0.25, -0.2) is 16.8 Å². The van der Waals surface area contributed by atoms with Crippen LogP contribution in [0.3, 0.4) is 0 Å². The average molecular weight is 396 g/mol. The summed E-state index contributed by atoms with van der Waals surface area (Å²) in [7, 11) is -8.59. The fraction of sp³-hybridized carbons (Fsp3) is 0.333. The lowest BCUT2D eigenvalue weighted by Crippen LogP contribution is -2.35. The predicted octanol–water partition coefficient (Wildman–Crippen LogP) is 2.19. The van der Waals surface area contributed by atoms with Gasteiger partial charge >= 0.3 is 6.18 Å². The van der Waals surface area contributed by atoms with Crippen molar-refractivity contribution in [3.05, 3.63) is 28.2 Å². The number of alkyl halides is 3. The summed E-state index contributed by atoms with van der Waals surface area (Å²) in [6.07, 6.45) is -3.57. The summed E-state index contributed by atoms with van der Waals surface area (Å²) < 4.78 is 83.8. The van der Waals surface area contributed by atoms with Crippen molar-refractivity contribution in [3.8, 4) is 0 Å². The number of hydrogen-bond donors (Lipinski definition) is 0. The van der Waals surface area contributed by atoms with Crippen LogP contribution in [0.15, 0.2) is 22.7 Å². The average Bonchev–Trinajstić information content (AvgIpc) is 2.09. The number of hydrogen-bond acceptors (Lipinski definition) is 4. The highest BCUT2D eigenvalue weighted by atomic mass is 79.9. The van der Waals surface area contributed by atoms with Gasteiger partial charge in [0.05, 0.1) is 23.8 Å². The van der Waals surface area contributed by atoms with Crippen LogP contribution in [0.1, 0.15) is 5.56 Å². The highest BCUT2D eigenvalue weighted by molar-refractivity contribution is 9.10. The largest absolute Gasteiger partial charge is 0.416 e. The molecule has 0 heterocycles. The lowest BCUT2D eigenvalue weighted by atomic mass is 10.2. The molecule has 0 atom stereocenters. The lowest BCUT2D eigenvalue weighted by molar-refractivity contribution is -0.137. The maximum Gasteiger partial charge on any atom is 0.416 e. The molecule has 0 bridgehead atoms. The van der Waals surface area contributed by atoms with E-state index < -0.39 is 37.5 Å². The molecule has 0 aliphatic carbocycles. The van der Waals surface area contributed by atoms with Gasteiger partial charge in [-0.3, -0.25) is 0 Å². The van der Waals surface area contributed by atoms with Crippen molar-refractivity contribution in [2.24, 2.45) is 0 Å². The quantitative estimate of drug-likeness (QED) is 0.786. The monoisotopic (exact) mass is 395 g/mol. The smallest absolute Gasteiger partial charge is 0.206 e. The molecule has 11 heteroatoms.